The highest BCUT2D eigenvalue weighted by Gasteiger charge is 2.12. The van der Waals surface area contributed by atoms with E-state index in [0.717, 1.165) is 24.6 Å². The minimum Gasteiger partial charge on any atom is -0.489 e. The molecule has 1 unspecified atom stereocenters. The molecule has 1 aromatic rings. The number of halogens is 1. The van der Waals surface area contributed by atoms with Crippen molar-refractivity contribution in [3.63, 3.8) is 0 Å². The van der Waals surface area contributed by atoms with Crippen LogP contribution < -0.4 is 15.4 Å². The zero-order valence-electron chi connectivity index (χ0n) is 12.6. The molecule has 0 saturated heterocycles. The normalized spacial score (nSPS) is 16.2. The molecule has 0 fully saturated rings. The standard InChI is InChI=1S/C16H23N3O.HI/c1-13(20-15-10-4-3-5-11-15)12-18-16(17-2)19-14-8-6-7-9-14;/h3-7,10-11,13-14H,8-9,12H2,1-2H3,(H2,17,18,19);1H. The van der Waals surface area contributed by atoms with Crippen LogP contribution in [0.2, 0.25) is 0 Å². The molecule has 0 saturated carbocycles. The molecule has 0 aliphatic heterocycles. The molecule has 5 heteroatoms. The predicted molar refractivity (Wildman–Crippen MR) is 98.6 cm³/mol. The summed E-state index contributed by atoms with van der Waals surface area (Å²) < 4.78 is 5.82. The number of benzene rings is 1. The molecular weight excluding hydrogens is 377 g/mol. The maximum Gasteiger partial charge on any atom is 0.191 e. The minimum absolute atomic E-state index is 0. The average Bonchev–Trinajstić information content (AvgIpc) is 2.97. The molecule has 1 atom stereocenters. The molecular formula is C16H24IN3O. The molecule has 116 valence electrons. The smallest absolute Gasteiger partial charge is 0.191 e. The lowest BCUT2D eigenvalue weighted by atomic mass is 10.2. The Hall–Kier alpha value is -1.24. The van der Waals surface area contributed by atoms with Crippen LogP contribution >= 0.6 is 24.0 Å². The number of hydrogen-bond acceptors (Lipinski definition) is 2. The molecule has 0 aromatic heterocycles. The van der Waals surface area contributed by atoms with Crippen molar-refractivity contribution in [2.24, 2.45) is 4.99 Å². The first kappa shape index (κ1) is 17.8. The number of hydrogen-bond donors (Lipinski definition) is 2. The predicted octanol–water partition coefficient (Wildman–Crippen LogP) is 2.96. The van der Waals surface area contributed by atoms with Gasteiger partial charge in [0.25, 0.3) is 0 Å². The zero-order chi connectivity index (χ0) is 14.2. The first-order valence-electron chi connectivity index (χ1n) is 7.12. The molecule has 1 aromatic carbocycles. The van der Waals surface area contributed by atoms with Crippen LogP contribution in [0.25, 0.3) is 0 Å². The second kappa shape index (κ2) is 9.65. The van der Waals surface area contributed by atoms with Crippen molar-refractivity contribution in [2.45, 2.75) is 31.9 Å². The summed E-state index contributed by atoms with van der Waals surface area (Å²) in [6.07, 6.45) is 6.61. The highest BCUT2D eigenvalue weighted by atomic mass is 127. The first-order valence-corrected chi connectivity index (χ1v) is 7.12. The van der Waals surface area contributed by atoms with Crippen molar-refractivity contribution in [2.75, 3.05) is 13.6 Å². The summed E-state index contributed by atoms with van der Waals surface area (Å²) in [5.41, 5.74) is 0. The summed E-state index contributed by atoms with van der Waals surface area (Å²) in [6.45, 7) is 2.76. The highest BCUT2D eigenvalue weighted by molar-refractivity contribution is 14.0. The fourth-order valence-corrected chi connectivity index (χ4v) is 2.14. The van der Waals surface area contributed by atoms with Crippen LogP contribution in [-0.2, 0) is 0 Å². The number of nitrogens with zero attached hydrogens (tertiary/aromatic N) is 1. The van der Waals surface area contributed by atoms with Gasteiger partial charge in [-0.1, -0.05) is 30.4 Å². The van der Waals surface area contributed by atoms with E-state index in [1.807, 2.05) is 37.3 Å². The van der Waals surface area contributed by atoms with Crippen LogP contribution in [0.3, 0.4) is 0 Å². The van der Waals surface area contributed by atoms with E-state index >= 15 is 0 Å². The zero-order valence-corrected chi connectivity index (χ0v) is 14.9. The van der Waals surface area contributed by atoms with Crippen molar-refractivity contribution < 1.29 is 4.74 Å². The molecule has 0 amide bonds. The van der Waals surface area contributed by atoms with E-state index in [9.17, 15) is 0 Å². The molecule has 0 heterocycles. The summed E-state index contributed by atoms with van der Waals surface area (Å²) in [5.74, 6) is 1.73. The Bertz CT molecular complexity index is 454. The lowest BCUT2D eigenvalue weighted by Gasteiger charge is -2.20. The third-order valence-corrected chi connectivity index (χ3v) is 3.21. The minimum atomic E-state index is 0. The van der Waals surface area contributed by atoms with Crippen LogP contribution in [0.5, 0.6) is 5.75 Å². The van der Waals surface area contributed by atoms with Crippen molar-refractivity contribution in [3.05, 3.63) is 42.5 Å². The molecule has 21 heavy (non-hydrogen) atoms. The second-order valence-electron chi connectivity index (χ2n) is 4.98. The first-order chi connectivity index (χ1) is 9.78. The van der Waals surface area contributed by atoms with Crippen molar-refractivity contribution >= 4 is 29.9 Å². The van der Waals surface area contributed by atoms with E-state index in [2.05, 4.69) is 27.8 Å². The van der Waals surface area contributed by atoms with E-state index in [1.54, 1.807) is 7.05 Å². The topological polar surface area (TPSA) is 45.7 Å². The molecule has 2 N–H and O–H groups in total. The van der Waals surface area contributed by atoms with Gasteiger partial charge < -0.3 is 15.4 Å². The van der Waals surface area contributed by atoms with Gasteiger partial charge in [0.15, 0.2) is 5.96 Å². The van der Waals surface area contributed by atoms with Gasteiger partial charge in [-0.15, -0.1) is 24.0 Å². The number of ether oxygens (including phenoxy) is 1. The van der Waals surface area contributed by atoms with Crippen LogP contribution in [0.4, 0.5) is 0 Å². The van der Waals surface area contributed by atoms with Gasteiger partial charge in [0.2, 0.25) is 0 Å². The summed E-state index contributed by atoms with van der Waals surface area (Å²) in [7, 11) is 1.79. The number of nitrogens with one attached hydrogen (secondary N) is 2. The second-order valence-corrected chi connectivity index (χ2v) is 4.98. The van der Waals surface area contributed by atoms with E-state index in [1.165, 1.54) is 0 Å². The van der Waals surface area contributed by atoms with E-state index in [4.69, 9.17) is 4.74 Å². The van der Waals surface area contributed by atoms with Crippen LogP contribution in [0, 0.1) is 0 Å². The van der Waals surface area contributed by atoms with Gasteiger partial charge in [-0.25, -0.2) is 0 Å². The third-order valence-electron chi connectivity index (χ3n) is 3.21. The summed E-state index contributed by atoms with van der Waals surface area (Å²) in [6, 6.07) is 10.3. The van der Waals surface area contributed by atoms with Crippen molar-refractivity contribution in [3.8, 4) is 5.75 Å². The largest absolute Gasteiger partial charge is 0.489 e. The maximum absolute atomic E-state index is 5.82. The van der Waals surface area contributed by atoms with Crippen LogP contribution in [0.15, 0.2) is 47.5 Å². The quantitative estimate of drug-likeness (QED) is 0.345. The van der Waals surface area contributed by atoms with Crippen molar-refractivity contribution in [1.82, 2.24) is 10.6 Å². The average molecular weight is 401 g/mol. The molecule has 2 rings (SSSR count). The van der Waals surface area contributed by atoms with Gasteiger partial charge >= 0.3 is 0 Å². The van der Waals surface area contributed by atoms with E-state index in [0.29, 0.717) is 12.6 Å². The van der Waals surface area contributed by atoms with Gasteiger partial charge in [0.05, 0.1) is 6.54 Å². The lowest BCUT2D eigenvalue weighted by Crippen LogP contribution is -2.45. The Labute approximate surface area is 144 Å². The Balaban J connectivity index is 0.00000220. The van der Waals surface area contributed by atoms with E-state index in [-0.39, 0.29) is 30.1 Å². The molecule has 0 bridgehead atoms. The number of rotatable bonds is 5. The highest BCUT2D eigenvalue weighted by Crippen LogP contribution is 2.10. The maximum atomic E-state index is 5.82. The Morgan fingerprint density at radius 1 is 1.29 bits per heavy atom. The molecule has 1 aliphatic rings. The Morgan fingerprint density at radius 2 is 1.95 bits per heavy atom. The monoisotopic (exact) mass is 401 g/mol. The van der Waals surface area contributed by atoms with Gasteiger partial charge in [0.1, 0.15) is 11.9 Å². The fourth-order valence-electron chi connectivity index (χ4n) is 2.14. The lowest BCUT2D eigenvalue weighted by molar-refractivity contribution is 0.223. The number of para-hydroxylation sites is 1. The molecule has 4 nitrogen and oxygen atoms in total. The molecule has 1 aliphatic carbocycles. The molecule has 0 spiro atoms. The van der Waals surface area contributed by atoms with Gasteiger partial charge in [0, 0.05) is 13.1 Å². The number of guanidine groups is 1. The van der Waals surface area contributed by atoms with E-state index < -0.39 is 0 Å². The van der Waals surface area contributed by atoms with Crippen LogP contribution in [-0.4, -0.2) is 31.7 Å². The Kier molecular flexibility index (Phi) is 8.19. The van der Waals surface area contributed by atoms with Crippen LogP contribution in [0.1, 0.15) is 19.8 Å². The number of aliphatic imine (C=N–C) groups is 1. The molecule has 0 radical (unpaired) electrons. The van der Waals surface area contributed by atoms with Gasteiger partial charge in [-0.05, 0) is 31.9 Å². The Morgan fingerprint density at radius 3 is 2.57 bits per heavy atom. The SMILES string of the molecule is CN=C(NCC(C)Oc1ccccc1)NC1CC=CC1.I. The van der Waals surface area contributed by atoms with Crippen molar-refractivity contribution in [1.29, 1.82) is 0 Å². The van der Waals surface area contributed by atoms with Gasteiger partial charge in [-0.3, -0.25) is 4.99 Å². The summed E-state index contributed by atoms with van der Waals surface area (Å²) >= 11 is 0. The summed E-state index contributed by atoms with van der Waals surface area (Å²) in [4.78, 5) is 4.24. The van der Waals surface area contributed by atoms with Gasteiger partial charge in [-0.2, -0.15) is 0 Å². The fraction of sp³-hybridized carbons (Fsp3) is 0.438. The summed E-state index contributed by atoms with van der Waals surface area (Å²) in [5, 5.41) is 6.71. The third kappa shape index (κ3) is 6.37.